The average molecular weight is 346 g/mol. The van der Waals surface area contributed by atoms with Gasteiger partial charge < -0.3 is 19.3 Å². The quantitative estimate of drug-likeness (QED) is 0.600. The molecule has 5 rings (SSSR count). The summed E-state index contributed by atoms with van der Waals surface area (Å²) >= 11 is 0. The zero-order chi connectivity index (χ0) is 17.5. The summed E-state index contributed by atoms with van der Waals surface area (Å²) in [5.74, 6) is 1.16. The number of fused-ring (bicyclic) bond motifs is 3. The SMILES string of the molecule is Oc1ccccc1N1CCN(c2ncnc3c2oc2ccccc23)CC1. The van der Waals surface area contributed by atoms with E-state index in [1.54, 1.807) is 12.4 Å². The number of benzene rings is 2. The van der Waals surface area contributed by atoms with Gasteiger partial charge in [0.25, 0.3) is 0 Å². The molecular weight excluding hydrogens is 328 g/mol. The van der Waals surface area contributed by atoms with E-state index in [-0.39, 0.29) is 0 Å². The molecule has 6 heteroatoms. The molecule has 130 valence electrons. The van der Waals surface area contributed by atoms with Gasteiger partial charge in [-0.2, -0.15) is 0 Å². The van der Waals surface area contributed by atoms with Crippen LogP contribution in [0.5, 0.6) is 5.75 Å². The van der Waals surface area contributed by atoms with Crippen molar-refractivity contribution in [2.24, 2.45) is 0 Å². The van der Waals surface area contributed by atoms with Gasteiger partial charge in [-0.05, 0) is 24.3 Å². The van der Waals surface area contributed by atoms with Gasteiger partial charge in [-0.15, -0.1) is 0 Å². The Balaban J connectivity index is 1.46. The molecule has 0 saturated carbocycles. The topological polar surface area (TPSA) is 65.6 Å². The number of para-hydroxylation sites is 3. The number of nitrogens with zero attached hydrogens (tertiary/aromatic N) is 4. The van der Waals surface area contributed by atoms with Gasteiger partial charge in [0.15, 0.2) is 11.4 Å². The van der Waals surface area contributed by atoms with Crippen LogP contribution in [0.4, 0.5) is 11.5 Å². The van der Waals surface area contributed by atoms with Crippen LogP contribution in [0.3, 0.4) is 0 Å². The van der Waals surface area contributed by atoms with E-state index < -0.39 is 0 Å². The van der Waals surface area contributed by atoms with Crippen molar-refractivity contribution in [1.82, 2.24) is 9.97 Å². The van der Waals surface area contributed by atoms with Gasteiger partial charge in [0, 0.05) is 31.6 Å². The monoisotopic (exact) mass is 346 g/mol. The summed E-state index contributed by atoms with van der Waals surface area (Å²) in [6.07, 6.45) is 1.61. The van der Waals surface area contributed by atoms with Crippen molar-refractivity contribution >= 4 is 33.6 Å². The first-order valence-electron chi connectivity index (χ1n) is 8.71. The van der Waals surface area contributed by atoms with Gasteiger partial charge >= 0.3 is 0 Å². The number of aromatic hydroxyl groups is 1. The van der Waals surface area contributed by atoms with Gasteiger partial charge in [-0.3, -0.25) is 0 Å². The summed E-state index contributed by atoms with van der Waals surface area (Å²) in [4.78, 5) is 13.3. The van der Waals surface area contributed by atoms with E-state index in [0.717, 1.165) is 59.8 Å². The summed E-state index contributed by atoms with van der Waals surface area (Å²) in [5, 5.41) is 11.1. The lowest BCUT2D eigenvalue weighted by Crippen LogP contribution is -2.46. The zero-order valence-corrected chi connectivity index (χ0v) is 14.2. The van der Waals surface area contributed by atoms with Gasteiger partial charge in [0.05, 0.1) is 5.69 Å². The predicted molar refractivity (Wildman–Crippen MR) is 102 cm³/mol. The Hall–Kier alpha value is -3.28. The Morgan fingerprint density at radius 2 is 1.58 bits per heavy atom. The maximum Gasteiger partial charge on any atom is 0.196 e. The lowest BCUT2D eigenvalue weighted by atomic mass is 10.2. The lowest BCUT2D eigenvalue weighted by Gasteiger charge is -2.36. The molecule has 2 aromatic heterocycles. The highest BCUT2D eigenvalue weighted by molar-refractivity contribution is 6.05. The van der Waals surface area contributed by atoms with E-state index in [0.29, 0.717) is 5.75 Å². The first-order valence-corrected chi connectivity index (χ1v) is 8.71. The third-order valence-corrected chi connectivity index (χ3v) is 4.94. The second-order valence-corrected chi connectivity index (χ2v) is 6.44. The molecule has 26 heavy (non-hydrogen) atoms. The standard InChI is InChI=1S/C20H18N4O2/c25-16-7-3-2-6-15(16)23-9-11-24(12-10-23)20-19-18(21-13-22-20)14-5-1-4-8-17(14)26-19/h1-8,13,25H,9-12H2. The number of hydrogen-bond acceptors (Lipinski definition) is 6. The van der Waals surface area contributed by atoms with Crippen LogP contribution in [-0.2, 0) is 0 Å². The van der Waals surface area contributed by atoms with E-state index in [1.807, 2.05) is 42.5 Å². The molecule has 1 aliphatic rings. The van der Waals surface area contributed by atoms with Gasteiger partial charge in [0.1, 0.15) is 23.2 Å². The molecule has 1 aliphatic heterocycles. The Bertz CT molecular complexity index is 1080. The molecule has 4 aromatic rings. The molecule has 6 nitrogen and oxygen atoms in total. The Labute approximate surface area is 150 Å². The van der Waals surface area contributed by atoms with Crippen LogP contribution in [0.2, 0.25) is 0 Å². The maximum atomic E-state index is 10.1. The number of hydrogen-bond donors (Lipinski definition) is 1. The van der Waals surface area contributed by atoms with Crippen LogP contribution in [0.15, 0.2) is 59.3 Å². The minimum Gasteiger partial charge on any atom is -0.506 e. The summed E-state index contributed by atoms with van der Waals surface area (Å²) in [6.45, 7) is 3.22. The summed E-state index contributed by atoms with van der Waals surface area (Å²) in [7, 11) is 0. The van der Waals surface area contributed by atoms with Crippen LogP contribution in [0.1, 0.15) is 0 Å². The number of anilines is 2. The van der Waals surface area contributed by atoms with E-state index in [2.05, 4.69) is 19.8 Å². The molecular formula is C20H18N4O2. The molecule has 0 atom stereocenters. The Kier molecular flexibility index (Phi) is 3.41. The van der Waals surface area contributed by atoms with Crippen molar-refractivity contribution in [2.45, 2.75) is 0 Å². The Morgan fingerprint density at radius 3 is 2.42 bits per heavy atom. The highest BCUT2D eigenvalue weighted by atomic mass is 16.3. The Morgan fingerprint density at radius 1 is 0.846 bits per heavy atom. The molecule has 0 spiro atoms. The number of phenolic OH excluding ortho intramolecular Hbond substituents is 1. The van der Waals surface area contributed by atoms with Crippen LogP contribution in [0, 0.1) is 0 Å². The molecule has 0 amide bonds. The van der Waals surface area contributed by atoms with Crippen LogP contribution < -0.4 is 9.80 Å². The smallest absolute Gasteiger partial charge is 0.196 e. The highest BCUT2D eigenvalue weighted by Crippen LogP contribution is 2.33. The largest absolute Gasteiger partial charge is 0.506 e. The molecule has 1 saturated heterocycles. The van der Waals surface area contributed by atoms with Crippen molar-refractivity contribution in [3.63, 3.8) is 0 Å². The average Bonchev–Trinajstić information content (AvgIpc) is 3.07. The lowest BCUT2D eigenvalue weighted by molar-refractivity contribution is 0.472. The molecule has 2 aromatic carbocycles. The fraction of sp³-hybridized carbons (Fsp3) is 0.200. The van der Waals surface area contributed by atoms with Crippen LogP contribution in [-0.4, -0.2) is 41.3 Å². The molecule has 1 fully saturated rings. The number of aromatic nitrogens is 2. The first-order chi connectivity index (χ1) is 12.8. The third-order valence-electron chi connectivity index (χ3n) is 4.94. The maximum absolute atomic E-state index is 10.1. The molecule has 1 N–H and O–H groups in total. The minimum atomic E-state index is 0.322. The van der Waals surface area contributed by atoms with E-state index >= 15 is 0 Å². The van der Waals surface area contributed by atoms with Crippen molar-refractivity contribution in [3.8, 4) is 5.75 Å². The fourth-order valence-corrected chi connectivity index (χ4v) is 3.63. The van der Waals surface area contributed by atoms with Crippen molar-refractivity contribution in [1.29, 1.82) is 0 Å². The fourth-order valence-electron chi connectivity index (χ4n) is 3.63. The second-order valence-electron chi connectivity index (χ2n) is 6.44. The molecule has 0 bridgehead atoms. The van der Waals surface area contributed by atoms with Crippen molar-refractivity contribution in [3.05, 3.63) is 54.9 Å². The normalized spacial score (nSPS) is 15.1. The summed E-state index contributed by atoms with van der Waals surface area (Å²) < 4.78 is 6.05. The molecule has 0 unspecified atom stereocenters. The highest BCUT2D eigenvalue weighted by Gasteiger charge is 2.23. The second kappa shape index (κ2) is 5.91. The minimum absolute atomic E-state index is 0.322. The summed E-state index contributed by atoms with van der Waals surface area (Å²) in [6, 6.07) is 15.4. The van der Waals surface area contributed by atoms with E-state index in [4.69, 9.17) is 4.42 Å². The van der Waals surface area contributed by atoms with Crippen molar-refractivity contribution < 1.29 is 9.52 Å². The first kappa shape index (κ1) is 15.0. The van der Waals surface area contributed by atoms with Gasteiger partial charge in [0.2, 0.25) is 0 Å². The zero-order valence-electron chi connectivity index (χ0n) is 14.2. The van der Waals surface area contributed by atoms with Crippen molar-refractivity contribution in [2.75, 3.05) is 36.0 Å². The number of piperazine rings is 1. The number of phenols is 1. The van der Waals surface area contributed by atoms with Crippen LogP contribution in [0.25, 0.3) is 22.1 Å². The van der Waals surface area contributed by atoms with Crippen LogP contribution >= 0.6 is 0 Å². The number of rotatable bonds is 2. The molecule has 3 heterocycles. The third kappa shape index (κ3) is 2.34. The number of furan rings is 1. The summed E-state index contributed by atoms with van der Waals surface area (Å²) in [5.41, 5.74) is 3.30. The molecule has 0 aliphatic carbocycles. The van der Waals surface area contributed by atoms with E-state index in [1.165, 1.54) is 0 Å². The predicted octanol–water partition coefficient (Wildman–Crippen LogP) is 3.41. The van der Waals surface area contributed by atoms with Gasteiger partial charge in [-0.1, -0.05) is 24.3 Å². The van der Waals surface area contributed by atoms with Gasteiger partial charge in [-0.25, -0.2) is 9.97 Å². The van der Waals surface area contributed by atoms with E-state index in [9.17, 15) is 5.11 Å². The molecule has 0 radical (unpaired) electrons.